The Bertz CT molecular complexity index is 1080. The molecular formula is C20H20N4O3S. The van der Waals surface area contributed by atoms with Gasteiger partial charge in [-0.1, -0.05) is 6.58 Å². The highest BCUT2D eigenvalue weighted by Crippen LogP contribution is 2.36. The molecule has 2 N–H and O–H groups in total. The molecule has 1 aromatic carbocycles. The molecule has 0 fully saturated rings. The number of anilines is 2. The van der Waals surface area contributed by atoms with Crippen molar-refractivity contribution in [3.63, 3.8) is 0 Å². The Balaban J connectivity index is 2.13. The van der Waals surface area contributed by atoms with Crippen molar-refractivity contribution in [3.8, 4) is 22.6 Å². The summed E-state index contributed by atoms with van der Waals surface area (Å²) in [5.74, 6) is 1.15. The summed E-state index contributed by atoms with van der Waals surface area (Å²) < 4.78 is 22.1. The Morgan fingerprint density at radius 2 is 2.11 bits per heavy atom. The quantitative estimate of drug-likeness (QED) is 0.638. The summed E-state index contributed by atoms with van der Waals surface area (Å²) in [6, 6.07) is 10.7. The van der Waals surface area contributed by atoms with Crippen LogP contribution in [-0.2, 0) is 18.0 Å². The number of ether oxygens (including phenoxy) is 1. The maximum Gasteiger partial charge on any atom is 0.273 e. The van der Waals surface area contributed by atoms with Crippen molar-refractivity contribution >= 4 is 22.4 Å². The summed E-state index contributed by atoms with van der Waals surface area (Å²) in [5, 5.41) is 4.22. The van der Waals surface area contributed by atoms with Crippen molar-refractivity contribution in [2.75, 3.05) is 17.1 Å². The molecule has 2 heterocycles. The predicted octanol–water partition coefficient (Wildman–Crippen LogP) is 3.50. The number of hydrogen-bond donors (Lipinski definition) is 2. The van der Waals surface area contributed by atoms with Crippen LogP contribution in [0.3, 0.4) is 0 Å². The number of aryl methyl sites for hydroxylation is 1. The van der Waals surface area contributed by atoms with Crippen LogP contribution in [0.4, 0.5) is 11.4 Å². The van der Waals surface area contributed by atoms with Gasteiger partial charge in [-0.25, -0.2) is 4.21 Å². The summed E-state index contributed by atoms with van der Waals surface area (Å²) in [5.41, 5.74) is 2.44. The number of pyridine rings is 2. The first-order valence-electron chi connectivity index (χ1n) is 8.42. The largest absolute Gasteiger partial charge is 0.455 e. The van der Waals surface area contributed by atoms with Crippen LogP contribution in [0.25, 0.3) is 11.1 Å². The van der Waals surface area contributed by atoms with E-state index in [4.69, 9.17) is 4.74 Å². The first-order chi connectivity index (χ1) is 13.5. The van der Waals surface area contributed by atoms with E-state index in [9.17, 15) is 9.00 Å². The van der Waals surface area contributed by atoms with Gasteiger partial charge in [-0.3, -0.25) is 9.78 Å². The van der Waals surface area contributed by atoms with Crippen LogP contribution >= 0.6 is 0 Å². The molecule has 1 atom stereocenters. The molecule has 0 amide bonds. The third-order valence-corrected chi connectivity index (χ3v) is 4.71. The molecule has 1 unspecified atom stereocenters. The van der Waals surface area contributed by atoms with Crippen molar-refractivity contribution in [3.05, 3.63) is 77.3 Å². The monoisotopic (exact) mass is 396 g/mol. The number of nitrogens with one attached hydrogen (secondary N) is 2. The zero-order valence-electron chi connectivity index (χ0n) is 15.5. The zero-order chi connectivity index (χ0) is 20.1. The minimum atomic E-state index is -1.41. The van der Waals surface area contributed by atoms with Gasteiger partial charge in [-0.05, 0) is 36.4 Å². The van der Waals surface area contributed by atoms with Crippen molar-refractivity contribution in [2.24, 2.45) is 7.05 Å². The molecular weight excluding hydrogens is 376 g/mol. The summed E-state index contributed by atoms with van der Waals surface area (Å²) in [6.45, 7) is 3.51. The van der Waals surface area contributed by atoms with Crippen LogP contribution in [0, 0.1) is 0 Å². The van der Waals surface area contributed by atoms with E-state index in [0.29, 0.717) is 22.9 Å². The van der Waals surface area contributed by atoms with Gasteiger partial charge < -0.3 is 19.3 Å². The number of benzene rings is 1. The molecule has 0 spiro atoms. The van der Waals surface area contributed by atoms with Gasteiger partial charge in [-0.2, -0.15) is 0 Å². The van der Waals surface area contributed by atoms with Gasteiger partial charge in [0.15, 0.2) is 0 Å². The fraction of sp³-hybridized carbons (Fsp3) is 0.100. The zero-order valence-corrected chi connectivity index (χ0v) is 16.3. The van der Waals surface area contributed by atoms with Crippen LogP contribution in [0.1, 0.15) is 0 Å². The van der Waals surface area contributed by atoms with Gasteiger partial charge in [0.2, 0.25) is 0 Å². The first-order valence-corrected chi connectivity index (χ1v) is 9.63. The van der Waals surface area contributed by atoms with Gasteiger partial charge in [0.1, 0.15) is 28.2 Å². The molecule has 3 aromatic rings. The SMILES string of the molecule is C=CS(=O)Nc1ccc(Oc2cccnc2)c(-c2cc(NC)c(=O)n(C)c2)c1. The van der Waals surface area contributed by atoms with Crippen LogP contribution in [0.5, 0.6) is 11.5 Å². The summed E-state index contributed by atoms with van der Waals surface area (Å²) in [4.78, 5) is 16.3. The molecule has 0 radical (unpaired) electrons. The van der Waals surface area contributed by atoms with E-state index < -0.39 is 11.0 Å². The lowest BCUT2D eigenvalue weighted by Crippen LogP contribution is -2.19. The predicted molar refractivity (Wildman–Crippen MR) is 113 cm³/mol. The fourth-order valence-corrected chi connectivity index (χ4v) is 3.08. The van der Waals surface area contributed by atoms with Gasteiger partial charge >= 0.3 is 0 Å². The van der Waals surface area contributed by atoms with Crippen LogP contribution in [0.15, 0.2) is 71.8 Å². The van der Waals surface area contributed by atoms with Crippen molar-refractivity contribution in [1.29, 1.82) is 0 Å². The van der Waals surface area contributed by atoms with E-state index in [1.807, 2.05) is 6.07 Å². The van der Waals surface area contributed by atoms with Crippen LogP contribution in [-0.4, -0.2) is 20.8 Å². The lowest BCUT2D eigenvalue weighted by molar-refractivity contribution is 0.482. The third-order valence-electron chi connectivity index (χ3n) is 3.98. The maximum absolute atomic E-state index is 12.2. The first kappa shape index (κ1) is 19.4. The lowest BCUT2D eigenvalue weighted by atomic mass is 10.0. The van der Waals surface area contributed by atoms with Gasteiger partial charge in [0.25, 0.3) is 5.56 Å². The molecule has 2 aromatic heterocycles. The standard InChI is InChI=1S/C20H20N4O3S/c1-4-28(26)23-15-7-8-19(27-16-6-5-9-22-12-16)17(11-15)14-10-18(21-2)20(25)24(3)13-14/h4-13,21,23H,1H2,2-3H3. The molecule has 0 aliphatic rings. The van der Waals surface area contributed by atoms with Crippen molar-refractivity contribution < 1.29 is 8.95 Å². The molecule has 3 rings (SSSR count). The highest BCUT2D eigenvalue weighted by molar-refractivity contribution is 7.89. The smallest absolute Gasteiger partial charge is 0.273 e. The van der Waals surface area contributed by atoms with Crippen LogP contribution in [0.2, 0.25) is 0 Å². The highest BCUT2D eigenvalue weighted by Gasteiger charge is 2.13. The fourth-order valence-electron chi connectivity index (χ4n) is 2.64. The molecule has 0 aliphatic carbocycles. The Morgan fingerprint density at radius 1 is 1.29 bits per heavy atom. The second-order valence-electron chi connectivity index (χ2n) is 5.88. The maximum atomic E-state index is 12.2. The summed E-state index contributed by atoms with van der Waals surface area (Å²) >= 11 is 0. The topological polar surface area (TPSA) is 85.2 Å². The summed E-state index contributed by atoms with van der Waals surface area (Å²) in [7, 11) is 1.97. The molecule has 7 nitrogen and oxygen atoms in total. The van der Waals surface area contributed by atoms with E-state index in [0.717, 1.165) is 11.1 Å². The average Bonchev–Trinajstić information content (AvgIpc) is 2.71. The molecule has 0 bridgehead atoms. The van der Waals surface area contributed by atoms with Gasteiger partial charge in [0.05, 0.1) is 6.20 Å². The number of hydrogen-bond acceptors (Lipinski definition) is 5. The van der Waals surface area contributed by atoms with E-state index in [2.05, 4.69) is 21.6 Å². The number of nitrogens with zero attached hydrogens (tertiary/aromatic N) is 2. The van der Waals surface area contributed by atoms with Crippen molar-refractivity contribution in [2.45, 2.75) is 0 Å². The minimum Gasteiger partial charge on any atom is -0.455 e. The minimum absolute atomic E-state index is 0.136. The van der Waals surface area contributed by atoms with E-state index in [1.54, 1.807) is 63.0 Å². The second kappa shape index (κ2) is 8.53. The second-order valence-corrected chi connectivity index (χ2v) is 7.01. The molecule has 8 heteroatoms. The molecule has 144 valence electrons. The van der Waals surface area contributed by atoms with E-state index in [1.165, 1.54) is 9.98 Å². The molecule has 0 aliphatic heterocycles. The lowest BCUT2D eigenvalue weighted by Gasteiger charge is -2.15. The average molecular weight is 396 g/mol. The van der Waals surface area contributed by atoms with Crippen LogP contribution < -0.4 is 20.3 Å². The number of aromatic nitrogens is 2. The third kappa shape index (κ3) is 4.29. The van der Waals surface area contributed by atoms with Gasteiger partial charge in [0, 0.05) is 48.7 Å². The van der Waals surface area contributed by atoms with Crippen molar-refractivity contribution in [1.82, 2.24) is 9.55 Å². The molecule has 28 heavy (non-hydrogen) atoms. The Labute approximate surface area is 165 Å². The Kier molecular flexibility index (Phi) is 5.90. The normalized spacial score (nSPS) is 11.5. The Morgan fingerprint density at radius 3 is 2.79 bits per heavy atom. The number of rotatable bonds is 7. The van der Waals surface area contributed by atoms with E-state index in [-0.39, 0.29) is 5.56 Å². The molecule has 0 saturated heterocycles. The Hall–Kier alpha value is -3.39. The van der Waals surface area contributed by atoms with Gasteiger partial charge in [-0.15, -0.1) is 0 Å². The highest BCUT2D eigenvalue weighted by atomic mass is 32.2. The molecule has 0 saturated carbocycles. The van der Waals surface area contributed by atoms with E-state index >= 15 is 0 Å². The summed E-state index contributed by atoms with van der Waals surface area (Å²) in [6.07, 6.45) is 5.00.